The second-order valence-corrected chi connectivity index (χ2v) is 6.29. The molecule has 4 heteroatoms. The third-order valence-electron chi connectivity index (χ3n) is 4.67. The van der Waals surface area contributed by atoms with E-state index in [4.69, 9.17) is 10.5 Å². The zero-order valence-corrected chi connectivity index (χ0v) is 12.7. The number of amides is 1. The lowest BCUT2D eigenvalue weighted by atomic mass is 9.99. The van der Waals surface area contributed by atoms with Gasteiger partial charge in [-0.2, -0.15) is 0 Å². The molecule has 1 aliphatic carbocycles. The zero-order valence-electron chi connectivity index (χ0n) is 12.7. The van der Waals surface area contributed by atoms with E-state index in [0.717, 1.165) is 31.6 Å². The Morgan fingerprint density at radius 2 is 2.19 bits per heavy atom. The molecule has 0 saturated carbocycles. The molecule has 1 aromatic carbocycles. The van der Waals surface area contributed by atoms with Crippen molar-refractivity contribution < 1.29 is 9.53 Å². The molecule has 0 spiro atoms. The number of nitrogens with zero attached hydrogens (tertiary/aromatic N) is 1. The average molecular weight is 288 g/mol. The van der Waals surface area contributed by atoms with Crippen LogP contribution in [-0.4, -0.2) is 36.0 Å². The first-order chi connectivity index (χ1) is 10.1. The van der Waals surface area contributed by atoms with Gasteiger partial charge in [0.25, 0.3) is 5.91 Å². The van der Waals surface area contributed by atoms with Gasteiger partial charge in [-0.15, -0.1) is 0 Å². The van der Waals surface area contributed by atoms with Crippen LogP contribution >= 0.6 is 0 Å². The van der Waals surface area contributed by atoms with Crippen molar-refractivity contribution >= 4 is 5.91 Å². The average Bonchev–Trinajstić information content (AvgIpc) is 2.92. The predicted molar refractivity (Wildman–Crippen MR) is 82.3 cm³/mol. The van der Waals surface area contributed by atoms with E-state index in [9.17, 15) is 4.79 Å². The van der Waals surface area contributed by atoms with Crippen molar-refractivity contribution in [2.75, 3.05) is 13.2 Å². The van der Waals surface area contributed by atoms with Crippen LogP contribution in [0.1, 0.15) is 37.3 Å². The molecule has 114 valence electrons. The van der Waals surface area contributed by atoms with Crippen LogP contribution in [-0.2, 0) is 17.6 Å². The first-order valence-electron chi connectivity index (χ1n) is 7.93. The molecule has 1 fully saturated rings. The summed E-state index contributed by atoms with van der Waals surface area (Å²) >= 11 is 0. The van der Waals surface area contributed by atoms with Crippen LogP contribution in [0, 0.1) is 0 Å². The van der Waals surface area contributed by atoms with E-state index in [1.807, 2.05) is 11.0 Å². The molecule has 3 rings (SSSR count). The fraction of sp³-hybridized carbons (Fsp3) is 0.588. The lowest BCUT2D eigenvalue weighted by Gasteiger charge is -2.36. The summed E-state index contributed by atoms with van der Waals surface area (Å²) in [5.41, 5.74) is 8.73. The molecule has 1 heterocycles. The molecule has 1 aromatic rings. The van der Waals surface area contributed by atoms with E-state index in [2.05, 4.69) is 19.1 Å². The standard InChI is InChI=1S/C17H24N2O2/c1-12-9-15(18)7-8-19(12)17(20)11-21-16-6-5-13-3-2-4-14(13)10-16/h5-6,10,12,15H,2-4,7-9,11,18H2,1H3/t12-,15-/m0/s1. The highest BCUT2D eigenvalue weighted by Crippen LogP contribution is 2.26. The van der Waals surface area contributed by atoms with Crippen molar-refractivity contribution in [1.82, 2.24) is 4.90 Å². The fourth-order valence-electron chi connectivity index (χ4n) is 3.45. The number of nitrogens with two attached hydrogens (primary N) is 1. The number of piperidine rings is 1. The minimum absolute atomic E-state index is 0.0647. The molecule has 2 atom stereocenters. The Morgan fingerprint density at radius 1 is 1.38 bits per heavy atom. The van der Waals surface area contributed by atoms with Crippen LogP contribution in [0.3, 0.4) is 0 Å². The van der Waals surface area contributed by atoms with E-state index < -0.39 is 0 Å². The monoisotopic (exact) mass is 288 g/mol. The van der Waals surface area contributed by atoms with E-state index >= 15 is 0 Å². The van der Waals surface area contributed by atoms with Crippen LogP contribution < -0.4 is 10.5 Å². The van der Waals surface area contributed by atoms with Crippen molar-refractivity contribution in [2.45, 2.75) is 51.1 Å². The maximum absolute atomic E-state index is 12.3. The number of fused-ring (bicyclic) bond motifs is 1. The zero-order chi connectivity index (χ0) is 14.8. The second-order valence-electron chi connectivity index (χ2n) is 6.29. The maximum Gasteiger partial charge on any atom is 0.260 e. The summed E-state index contributed by atoms with van der Waals surface area (Å²) in [5, 5.41) is 0. The maximum atomic E-state index is 12.3. The molecule has 0 aromatic heterocycles. The summed E-state index contributed by atoms with van der Waals surface area (Å²) in [5.74, 6) is 0.875. The van der Waals surface area contributed by atoms with E-state index in [-0.39, 0.29) is 24.6 Å². The van der Waals surface area contributed by atoms with Crippen LogP contribution in [0.5, 0.6) is 5.75 Å². The summed E-state index contributed by atoms with van der Waals surface area (Å²) in [6.07, 6.45) is 5.28. The highest BCUT2D eigenvalue weighted by Gasteiger charge is 2.27. The Hall–Kier alpha value is -1.55. The Labute approximate surface area is 126 Å². The van der Waals surface area contributed by atoms with Gasteiger partial charge in [-0.25, -0.2) is 0 Å². The van der Waals surface area contributed by atoms with Gasteiger partial charge in [0, 0.05) is 18.6 Å². The van der Waals surface area contributed by atoms with Gasteiger partial charge in [-0.1, -0.05) is 6.07 Å². The van der Waals surface area contributed by atoms with Gasteiger partial charge >= 0.3 is 0 Å². The Kier molecular flexibility index (Phi) is 4.15. The molecule has 21 heavy (non-hydrogen) atoms. The predicted octanol–water partition coefficient (Wildman–Crippen LogP) is 1.89. The molecule has 1 amide bonds. The molecule has 0 bridgehead atoms. The van der Waals surface area contributed by atoms with Gasteiger partial charge in [0.1, 0.15) is 5.75 Å². The molecule has 1 saturated heterocycles. The molecule has 4 nitrogen and oxygen atoms in total. The molecule has 0 unspecified atom stereocenters. The molecule has 2 N–H and O–H groups in total. The highest BCUT2D eigenvalue weighted by molar-refractivity contribution is 5.78. The number of hydrogen-bond acceptors (Lipinski definition) is 3. The van der Waals surface area contributed by atoms with Gasteiger partial charge < -0.3 is 15.4 Å². The third-order valence-corrected chi connectivity index (χ3v) is 4.67. The molecular weight excluding hydrogens is 264 g/mol. The number of aryl methyl sites for hydroxylation is 2. The van der Waals surface area contributed by atoms with Gasteiger partial charge in [0.05, 0.1) is 0 Å². The van der Waals surface area contributed by atoms with Crippen molar-refractivity contribution in [1.29, 1.82) is 0 Å². The van der Waals surface area contributed by atoms with Crippen molar-refractivity contribution in [3.05, 3.63) is 29.3 Å². The second kappa shape index (κ2) is 6.06. The first kappa shape index (κ1) is 14.4. The highest BCUT2D eigenvalue weighted by atomic mass is 16.5. The van der Waals surface area contributed by atoms with Crippen LogP contribution in [0.25, 0.3) is 0 Å². The Bertz CT molecular complexity index is 530. The number of likely N-dealkylation sites (tertiary alicyclic amines) is 1. The number of rotatable bonds is 3. The third kappa shape index (κ3) is 3.21. The van der Waals surface area contributed by atoms with Crippen LogP contribution in [0.4, 0.5) is 0 Å². The largest absolute Gasteiger partial charge is 0.484 e. The minimum Gasteiger partial charge on any atom is -0.484 e. The molecular formula is C17H24N2O2. The summed E-state index contributed by atoms with van der Waals surface area (Å²) in [6, 6.07) is 6.63. The number of ether oxygens (including phenoxy) is 1. The van der Waals surface area contributed by atoms with E-state index in [1.165, 1.54) is 24.0 Å². The number of carbonyl (C=O) groups excluding carboxylic acids is 1. The lowest BCUT2D eigenvalue weighted by Crippen LogP contribution is -2.49. The molecule has 1 aliphatic heterocycles. The smallest absolute Gasteiger partial charge is 0.260 e. The quantitative estimate of drug-likeness (QED) is 0.924. The van der Waals surface area contributed by atoms with E-state index in [1.54, 1.807) is 0 Å². The summed E-state index contributed by atoms with van der Waals surface area (Å²) < 4.78 is 5.70. The van der Waals surface area contributed by atoms with Crippen molar-refractivity contribution in [3.63, 3.8) is 0 Å². The summed E-state index contributed by atoms with van der Waals surface area (Å²) in [7, 11) is 0. The van der Waals surface area contributed by atoms with Crippen LogP contribution in [0.2, 0.25) is 0 Å². The van der Waals surface area contributed by atoms with Crippen LogP contribution in [0.15, 0.2) is 18.2 Å². The summed E-state index contributed by atoms with van der Waals surface area (Å²) in [4.78, 5) is 14.2. The van der Waals surface area contributed by atoms with Crippen molar-refractivity contribution in [2.24, 2.45) is 5.73 Å². The normalized spacial score (nSPS) is 24.8. The number of hydrogen-bond donors (Lipinski definition) is 1. The first-order valence-corrected chi connectivity index (χ1v) is 7.93. The van der Waals surface area contributed by atoms with Gasteiger partial charge in [-0.3, -0.25) is 4.79 Å². The lowest BCUT2D eigenvalue weighted by molar-refractivity contribution is -0.136. The molecule has 2 aliphatic rings. The van der Waals surface area contributed by atoms with Gasteiger partial charge in [0.2, 0.25) is 0 Å². The Balaban J connectivity index is 1.56. The fourth-order valence-corrected chi connectivity index (χ4v) is 3.45. The number of carbonyl (C=O) groups is 1. The Morgan fingerprint density at radius 3 is 3.00 bits per heavy atom. The van der Waals surface area contributed by atoms with Gasteiger partial charge in [-0.05, 0) is 62.3 Å². The SMILES string of the molecule is C[C@H]1C[C@@H](N)CCN1C(=O)COc1ccc2c(c1)CCC2. The van der Waals surface area contributed by atoms with Crippen molar-refractivity contribution in [3.8, 4) is 5.75 Å². The minimum atomic E-state index is 0.0647. The summed E-state index contributed by atoms with van der Waals surface area (Å²) in [6.45, 7) is 2.93. The topological polar surface area (TPSA) is 55.6 Å². The van der Waals surface area contributed by atoms with E-state index in [0.29, 0.717) is 0 Å². The van der Waals surface area contributed by atoms with Gasteiger partial charge in [0.15, 0.2) is 6.61 Å². The number of benzene rings is 1. The molecule has 0 radical (unpaired) electrons.